The van der Waals surface area contributed by atoms with Crippen LogP contribution in [0.5, 0.6) is 0 Å². The molecular weight excluding hydrogens is 277 g/mol. The second kappa shape index (κ2) is 11.4. The first-order valence-electron chi connectivity index (χ1n) is 8.21. The second-order valence-corrected chi connectivity index (χ2v) is 5.26. The standard InChI is InChI=1S/C9H11B.C9H7N.C3H8/c1-8-5-3-4-6-9(8)7-10-2;1-2-6-9-8(4-1)5-3-7-10-9;1-3-2/h3-7H,1-2H3;1-7H;3H2,1-2H3. The van der Waals surface area contributed by atoms with Crippen LogP contribution in [0.1, 0.15) is 31.4 Å². The molecule has 2 aromatic carbocycles. The molecule has 0 aliphatic rings. The van der Waals surface area contributed by atoms with E-state index in [0.29, 0.717) is 0 Å². The maximum atomic E-state index is 4.18. The smallest absolute Gasteiger partial charge is 0.0701 e. The third-order valence-corrected chi connectivity index (χ3v) is 3.05. The normalized spacial score (nSPS) is 9.39. The molecule has 1 heterocycles. The predicted molar refractivity (Wildman–Crippen MR) is 106 cm³/mol. The maximum absolute atomic E-state index is 4.18. The van der Waals surface area contributed by atoms with Crippen LogP contribution in [0.3, 0.4) is 0 Å². The third kappa shape index (κ3) is 7.05. The van der Waals surface area contributed by atoms with Gasteiger partial charge in [-0.15, -0.1) is 0 Å². The van der Waals surface area contributed by atoms with Gasteiger partial charge in [0, 0.05) is 11.6 Å². The van der Waals surface area contributed by atoms with E-state index in [-0.39, 0.29) is 0 Å². The Kier molecular flexibility index (Phi) is 9.31. The number of rotatable bonds is 1. The molecule has 0 unspecified atom stereocenters. The van der Waals surface area contributed by atoms with E-state index in [2.05, 4.69) is 75.0 Å². The van der Waals surface area contributed by atoms with Crippen molar-refractivity contribution in [3.8, 4) is 0 Å². The van der Waals surface area contributed by atoms with Crippen LogP contribution in [0.4, 0.5) is 0 Å². The number of benzene rings is 2. The minimum atomic E-state index is 1.06. The fourth-order valence-electron chi connectivity index (χ4n) is 1.97. The molecule has 0 amide bonds. The van der Waals surface area contributed by atoms with Crippen molar-refractivity contribution < 1.29 is 0 Å². The average molecular weight is 303 g/mol. The average Bonchev–Trinajstić information content (AvgIpc) is 2.59. The summed E-state index contributed by atoms with van der Waals surface area (Å²) in [6.07, 6.45) is 3.06. The quantitative estimate of drug-likeness (QED) is 0.537. The second-order valence-electron chi connectivity index (χ2n) is 5.26. The first kappa shape index (κ1) is 18.8. The van der Waals surface area contributed by atoms with E-state index in [0.717, 1.165) is 5.52 Å². The maximum Gasteiger partial charge on any atom is 0.0701 e. The first-order chi connectivity index (χ1) is 11.2. The zero-order valence-electron chi connectivity index (χ0n) is 14.7. The zero-order valence-corrected chi connectivity index (χ0v) is 14.7. The fraction of sp³-hybridized carbons (Fsp3) is 0.238. The Balaban J connectivity index is 0.000000197. The van der Waals surface area contributed by atoms with Gasteiger partial charge in [0.15, 0.2) is 0 Å². The Bertz CT molecular complexity index is 654. The van der Waals surface area contributed by atoms with Gasteiger partial charge >= 0.3 is 62.0 Å². The molecule has 0 saturated heterocycles. The molecule has 0 N–H and O–H groups in total. The molecule has 0 aliphatic carbocycles. The van der Waals surface area contributed by atoms with Crippen LogP contribution in [0.25, 0.3) is 10.9 Å². The molecule has 0 fully saturated rings. The molecule has 118 valence electrons. The Morgan fingerprint density at radius 1 is 0.913 bits per heavy atom. The van der Waals surface area contributed by atoms with Crippen molar-refractivity contribution in [1.82, 2.24) is 4.98 Å². The number of hydrogen-bond donors (Lipinski definition) is 0. The van der Waals surface area contributed by atoms with E-state index >= 15 is 0 Å². The van der Waals surface area contributed by atoms with Gasteiger partial charge in [0.05, 0.1) is 5.52 Å². The van der Waals surface area contributed by atoms with Gasteiger partial charge in [-0.3, -0.25) is 4.98 Å². The van der Waals surface area contributed by atoms with Crippen LogP contribution in [0.15, 0.2) is 66.9 Å². The van der Waals surface area contributed by atoms with Crippen molar-refractivity contribution in [2.75, 3.05) is 0 Å². The summed E-state index contributed by atoms with van der Waals surface area (Å²) in [4.78, 5) is 4.18. The van der Waals surface area contributed by atoms with Gasteiger partial charge in [-0.2, -0.15) is 0 Å². The van der Waals surface area contributed by atoms with E-state index in [9.17, 15) is 0 Å². The molecule has 0 spiro atoms. The number of hydrogen-bond acceptors (Lipinski definition) is 1. The van der Waals surface area contributed by atoms with Gasteiger partial charge in [-0.25, -0.2) is 0 Å². The minimum Gasteiger partial charge on any atom is -0.256 e. The molecule has 0 aliphatic heterocycles. The molecule has 0 saturated carbocycles. The predicted octanol–water partition coefficient (Wildman–Crippen LogP) is 5.55. The van der Waals surface area contributed by atoms with Gasteiger partial charge in [-0.1, -0.05) is 44.5 Å². The van der Waals surface area contributed by atoms with Crippen LogP contribution in [-0.4, -0.2) is 17.9 Å². The molecule has 1 nitrogen and oxygen atoms in total. The zero-order chi connectivity index (χ0) is 16.9. The van der Waals surface area contributed by atoms with Gasteiger partial charge in [-0.05, 0) is 12.1 Å². The summed E-state index contributed by atoms with van der Waals surface area (Å²) in [7, 11) is 0. The van der Waals surface area contributed by atoms with E-state index in [4.69, 9.17) is 0 Å². The number of pyridine rings is 1. The topological polar surface area (TPSA) is 12.9 Å². The molecule has 0 atom stereocenters. The van der Waals surface area contributed by atoms with Crippen LogP contribution in [0.2, 0.25) is 6.82 Å². The summed E-state index contributed by atoms with van der Waals surface area (Å²) in [6, 6.07) is 20.4. The SMILES string of the molecule is CB=Cc1ccccc1C.CCC.c1ccc2ncccc2c1. The largest absolute Gasteiger partial charge is 0.256 e. The van der Waals surface area contributed by atoms with E-state index in [1.54, 1.807) is 0 Å². The van der Waals surface area contributed by atoms with Crippen molar-refractivity contribution in [2.24, 2.45) is 0 Å². The van der Waals surface area contributed by atoms with Crippen molar-refractivity contribution in [1.29, 1.82) is 0 Å². The fourth-order valence-corrected chi connectivity index (χ4v) is 1.97. The molecule has 1 aromatic heterocycles. The van der Waals surface area contributed by atoms with E-state index in [1.165, 1.54) is 22.9 Å². The molecular formula is C21H26BN. The summed E-state index contributed by atoms with van der Waals surface area (Å²) < 4.78 is 0. The van der Waals surface area contributed by atoms with Gasteiger partial charge in [0.1, 0.15) is 0 Å². The summed E-state index contributed by atoms with van der Waals surface area (Å²) in [5.74, 6) is 2.12. The number of para-hydroxylation sites is 1. The first-order valence-corrected chi connectivity index (χ1v) is 8.21. The van der Waals surface area contributed by atoms with Gasteiger partial charge in [0.2, 0.25) is 0 Å². The molecule has 3 rings (SSSR count). The number of aryl methyl sites for hydroxylation is 1. The van der Waals surface area contributed by atoms with Crippen LogP contribution >= 0.6 is 0 Å². The van der Waals surface area contributed by atoms with Crippen LogP contribution in [-0.2, 0) is 0 Å². The van der Waals surface area contributed by atoms with Crippen LogP contribution < -0.4 is 0 Å². The molecule has 2 heteroatoms. The summed E-state index contributed by atoms with van der Waals surface area (Å²) >= 11 is 0. The molecule has 0 bridgehead atoms. The van der Waals surface area contributed by atoms with Crippen molar-refractivity contribution >= 4 is 23.8 Å². The Hall–Kier alpha value is -2.22. The van der Waals surface area contributed by atoms with Crippen molar-refractivity contribution in [2.45, 2.75) is 34.0 Å². The Morgan fingerprint density at radius 3 is 2.17 bits per heavy atom. The van der Waals surface area contributed by atoms with Gasteiger partial charge < -0.3 is 0 Å². The van der Waals surface area contributed by atoms with Crippen molar-refractivity contribution in [3.05, 3.63) is 78.0 Å². The number of nitrogens with zero attached hydrogens (tertiary/aromatic N) is 1. The van der Waals surface area contributed by atoms with E-state index in [1.807, 2.05) is 37.3 Å². The molecule has 0 radical (unpaired) electrons. The molecule has 23 heavy (non-hydrogen) atoms. The summed E-state index contributed by atoms with van der Waals surface area (Å²) in [6.45, 7) is 10.5. The number of aromatic nitrogens is 1. The Labute approximate surface area is 141 Å². The van der Waals surface area contributed by atoms with E-state index < -0.39 is 0 Å². The third-order valence-electron chi connectivity index (χ3n) is 3.05. The van der Waals surface area contributed by atoms with Crippen molar-refractivity contribution in [3.63, 3.8) is 0 Å². The number of fused-ring (bicyclic) bond motifs is 1. The summed E-state index contributed by atoms with van der Waals surface area (Å²) in [5.41, 5.74) is 3.70. The Morgan fingerprint density at radius 2 is 1.52 bits per heavy atom. The molecule has 3 aromatic rings. The summed E-state index contributed by atoms with van der Waals surface area (Å²) in [5, 5.41) is 1.20. The minimum absolute atomic E-state index is 1.06. The van der Waals surface area contributed by atoms with Crippen LogP contribution in [0, 0.1) is 6.92 Å². The van der Waals surface area contributed by atoms with Gasteiger partial charge in [0.25, 0.3) is 0 Å². The monoisotopic (exact) mass is 303 g/mol.